The largest absolute Gasteiger partial charge is 0.144 e. The molecule has 2 heteroatoms. The van der Waals surface area contributed by atoms with Crippen molar-refractivity contribution in [2.45, 2.75) is 19.3 Å². The molecular formula is C13H11ClS. The Bertz CT molecular complexity index is 513. The highest BCUT2D eigenvalue weighted by molar-refractivity contribution is 7.13. The Morgan fingerprint density at radius 2 is 2.20 bits per heavy atom. The van der Waals surface area contributed by atoms with Gasteiger partial charge in [-0.2, -0.15) is 0 Å². The van der Waals surface area contributed by atoms with Gasteiger partial charge < -0.3 is 0 Å². The van der Waals surface area contributed by atoms with Gasteiger partial charge in [-0.1, -0.05) is 24.6 Å². The first-order chi connectivity index (χ1) is 7.25. The number of benzene rings is 1. The molecule has 15 heavy (non-hydrogen) atoms. The Balaban J connectivity index is 2.28. The third kappa shape index (κ3) is 1.42. The maximum atomic E-state index is 6.05. The smallest absolute Gasteiger partial charge is 0.0409 e. The molecule has 0 spiro atoms. The minimum Gasteiger partial charge on any atom is -0.144 e. The first-order valence-electron chi connectivity index (χ1n) is 5.12. The number of fused-ring (bicyclic) bond motifs is 3. The van der Waals surface area contributed by atoms with E-state index in [0.717, 1.165) is 11.4 Å². The Kier molecular flexibility index (Phi) is 2.11. The van der Waals surface area contributed by atoms with Crippen molar-refractivity contribution in [2.75, 3.05) is 0 Å². The lowest BCUT2D eigenvalue weighted by molar-refractivity contribution is 0.753. The summed E-state index contributed by atoms with van der Waals surface area (Å²) in [5, 5.41) is 3.03. The van der Waals surface area contributed by atoms with Crippen LogP contribution in [0.4, 0.5) is 0 Å². The monoisotopic (exact) mass is 234 g/mol. The Labute approximate surface area is 98.5 Å². The van der Waals surface area contributed by atoms with Crippen LogP contribution in [0.15, 0.2) is 29.6 Å². The molecule has 0 bridgehead atoms. The third-order valence-electron chi connectivity index (χ3n) is 3.06. The molecule has 0 amide bonds. The minimum absolute atomic E-state index is 0.584. The van der Waals surface area contributed by atoms with Crippen molar-refractivity contribution in [1.82, 2.24) is 0 Å². The van der Waals surface area contributed by atoms with E-state index >= 15 is 0 Å². The molecule has 3 rings (SSSR count). The summed E-state index contributed by atoms with van der Waals surface area (Å²) in [5.41, 5.74) is 4.27. The fraction of sp³-hybridized carbons (Fsp3) is 0.231. The molecule has 0 saturated heterocycles. The molecule has 1 atom stereocenters. The lowest BCUT2D eigenvalue weighted by Crippen LogP contribution is -2.06. The highest BCUT2D eigenvalue weighted by atomic mass is 35.5. The molecule has 0 nitrogen and oxygen atoms in total. The summed E-state index contributed by atoms with van der Waals surface area (Å²) >= 11 is 7.88. The summed E-state index contributed by atoms with van der Waals surface area (Å²) < 4.78 is 0. The normalized spacial score (nSPS) is 18.4. The van der Waals surface area contributed by atoms with Gasteiger partial charge in [0.2, 0.25) is 0 Å². The SMILES string of the molecule is CC1Cc2ccsc2-c2ccc(Cl)cc21. The van der Waals surface area contributed by atoms with Gasteiger partial charge in [0.15, 0.2) is 0 Å². The summed E-state index contributed by atoms with van der Waals surface area (Å²) in [7, 11) is 0. The van der Waals surface area contributed by atoms with Crippen LogP contribution < -0.4 is 0 Å². The first kappa shape index (κ1) is 9.44. The highest BCUT2D eigenvalue weighted by Gasteiger charge is 2.22. The van der Waals surface area contributed by atoms with E-state index in [9.17, 15) is 0 Å². The Hall–Kier alpha value is -0.790. The zero-order valence-electron chi connectivity index (χ0n) is 8.46. The average Bonchev–Trinajstić information content (AvgIpc) is 2.66. The third-order valence-corrected chi connectivity index (χ3v) is 4.29. The highest BCUT2D eigenvalue weighted by Crippen LogP contribution is 2.43. The predicted molar refractivity (Wildman–Crippen MR) is 66.9 cm³/mol. The van der Waals surface area contributed by atoms with Crippen molar-refractivity contribution in [3.05, 3.63) is 45.8 Å². The van der Waals surface area contributed by atoms with Crippen molar-refractivity contribution in [1.29, 1.82) is 0 Å². The van der Waals surface area contributed by atoms with Crippen molar-refractivity contribution in [2.24, 2.45) is 0 Å². The van der Waals surface area contributed by atoms with Crippen LogP contribution in [0.2, 0.25) is 5.02 Å². The molecule has 1 aromatic heterocycles. The molecule has 76 valence electrons. The summed E-state index contributed by atoms with van der Waals surface area (Å²) in [4.78, 5) is 1.43. The molecule has 0 fully saturated rings. The Morgan fingerprint density at radius 3 is 3.07 bits per heavy atom. The van der Waals surface area contributed by atoms with Gasteiger partial charge >= 0.3 is 0 Å². The second-order valence-corrected chi connectivity index (χ2v) is 5.46. The molecule has 2 aromatic rings. The molecule has 0 radical (unpaired) electrons. The zero-order chi connectivity index (χ0) is 10.4. The summed E-state index contributed by atoms with van der Waals surface area (Å²) in [6.07, 6.45) is 1.15. The molecule has 0 aliphatic heterocycles. The second-order valence-electron chi connectivity index (χ2n) is 4.11. The number of rotatable bonds is 0. The van der Waals surface area contributed by atoms with Gasteiger partial charge in [-0.15, -0.1) is 11.3 Å². The minimum atomic E-state index is 0.584. The van der Waals surface area contributed by atoms with Crippen molar-refractivity contribution in [3.63, 3.8) is 0 Å². The number of hydrogen-bond donors (Lipinski definition) is 0. The second kappa shape index (κ2) is 3.36. The lowest BCUT2D eigenvalue weighted by atomic mass is 9.84. The van der Waals surface area contributed by atoms with Gasteiger partial charge in [0.25, 0.3) is 0 Å². The van der Waals surface area contributed by atoms with Crippen LogP contribution in [-0.2, 0) is 6.42 Å². The van der Waals surface area contributed by atoms with Gasteiger partial charge in [-0.05, 0) is 52.6 Å². The van der Waals surface area contributed by atoms with E-state index in [2.05, 4.69) is 30.5 Å². The fourth-order valence-corrected chi connectivity index (χ4v) is 3.49. The number of thiophene rings is 1. The van der Waals surface area contributed by atoms with E-state index in [1.54, 1.807) is 0 Å². The Morgan fingerprint density at radius 1 is 1.33 bits per heavy atom. The van der Waals surface area contributed by atoms with Crippen LogP contribution in [0.1, 0.15) is 24.0 Å². The molecule has 1 aromatic carbocycles. The standard InChI is InChI=1S/C13H11ClS/c1-8-6-9-4-5-15-13(9)11-3-2-10(14)7-12(8)11/h2-5,7-8H,6H2,1H3. The molecule has 1 aliphatic carbocycles. The predicted octanol–water partition coefficient (Wildman–Crippen LogP) is 4.73. The molecule has 0 saturated carbocycles. The fourth-order valence-electron chi connectivity index (χ4n) is 2.32. The van der Waals surface area contributed by atoms with E-state index in [1.165, 1.54) is 21.6 Å². The molecule has 1 aliphatic rings. The number of halogens is 1. The van der Waals surface area contributed by atoms with Crippen LogP contribution in [0.25, 0.3) is 10.4 Å². The topological polar surface area (TPSA) is 0 Å². The van der Waals surface area contributed by atoms with Crippen LogP contribution in [0, 0.1) is 0 Å². The quantitative estimate of drug-likeness (QED) is 0.618. The first-order valence-corrected chi connectivity index (χ1v) is 6.37. The average molecular weight is 235 g/mol. The number of hydrogen-bond acceptors (Lipinski definition) is 1. The summed E-state index contributed by atoms with van der Waals surface area (Å²) in [6, 6.07) is 8.50. The van der Waals surface area contributed by atoms with E-state index in [-0.39, 0.29) is 0 Å². The van der Waals surface area contributed by atoms with E-state index < -0.39 is 0 Å². The van der Waals surface area contributed by atoms with E-state index in [0.29, 0.717) is 5.92 Å². The lowest BCUT2D eigenvalue weighted by Gasteiger charge is -2.22. The van der Waals surface area contributed by atoms with Crippen molar-refractivity contribution < 1.29 is 0 Å². The molecular weight excluding hydrogens is 224 g/mol. The molecule has 1 heterocycles. The van der Waals surface area contributed by atoms with Gasteiger partial charge in [0, 0.05) is 9.90 Å². The van der Waals surface area contributed by atoms with Crippen molar-refractivity contribution >= 4 is 22.9 Å². The van der Waals surface area contributed by atoms with Gasteiger partial charge in [-0.25, -0.2) is 0 Å². The van der Waals surface area contributed by atoms with E-state index in [1.807, 2.05) is 17.4 Å². The van der Waals surface area contributed by atoms with E-state index in [4.69, 9.17) is 11.6 Å². The molecule has 1 unspecified atom stereocenters. The van der Waals surface area contributed by atoms with Gasteiger partial charge in [0.05, 0.1) is 0 Å². The maximum Gasteiger partial charge on any atom is 0.0409 e. The maximum absolute atomic E-state index is 6.05. The van der Waals surface area contributed by atoms with Crippen LogP contribution >= 0.6 is 22.9 Å². The summed E-state index contributed by atoms with van der Waals surface area (Å²) in [5.74, 6) is 0.584. The van der Waals surface area contributed by atoms with Crippen LogP contribution in [0.5, 0.6) is 0 Å². The summed E-state index contributed by atoms with van der Waals surface area (Å²) in [6.45, 7) is 2.27. The van der Waals surface area contributed by atoms with Crippen LogP contribution in [-0.4, -0.2) is 0 Å². The van der Waals surface area contributed by atoms with Crippen LogP contribution in [0.3, 0.4) is 0 Å². The van der Waals surface area contributed by atoms with Gasteiger partial charge in [0.1, 0.15) is 0 Å². The molecule has 0 N–H and O–H groups in total. The van der Waals surface area contributed by atoms with Gasteiger partial charge in [-0.3, -0.25) is 0 Å². The van der Waals surface area contributed by atoms with Crippen molar-refractivity contribution in [3.8, 4) is 10.4 Å². The zero-order valence-corrected chi connectivity index (χ0v) is 10.0.